The molecule has 5 nitrogen and oxygen atoms in total. The van der Waals surface area contributed by atoms with Gasteiger partial charge in [0.05, 0.1) is 4.90 Å². The second-order valence-electron chi connectivity index (χ2n) is 6.52. The number of sulfone groups is 1. The van der Waals surface area contributed by atoms with E-state index >= 15 is 0 Å². The molecule has 0 spiro atoms. The van der Waals surface area contributed by atoms with Gasteiger partial charge in [0.25, 0.3) is 0 Å². The third-order valence-electron chi connectivity index (χ3n) is 4.86. The lowest BCUT2D eigenvalue weighted by molar-refractivity contribution is -0.129. The molecular formula is C18H27ClN2O3S. The molecule has 1 heterocycles. The first-order valence-electron chi connectivity index (χ1n) is 8.84. The lowest BCUT2D eigenvalue weighted by Gasteiger charge is -2.34. The van der Waals surface area contributed by atoms with Crippen LogP contribution in [0.1, 0.15) is 26.7 Å². The van der Waals surface area contributed by atoms with E-state index in [0.717, 1.165) is 32.5 Å². The Morgan fingerprint density at radius 2 is 1.72 bits per heavy atom. The third kappa shape index (κ3) is 5.69. The average Bonchev–Trinajstić information content (AvgIpc) is 2.60. The Hall–Kier alpha value is -1.11. The number of halogens is 1. The maximum Gasteiger partial charge on any atom is 0.238 e. The summed E-state index contributed by atoms with van der Waals surface area (Å²) in [7, 11) is -3.62. The number of benzene rings is 1. The minimum absolute atomic E-state index is 0.140. The molecule has 1 fully saturated rings. The third-order valence-corrected chi connectivity index (χ3v) is 6.73. The molecule has 7 heteroatoms. The van der Waals surface area contributed by atoms with Gasteiger partial charge in [0, 0.05) is 24.7 Å². The molecule has 0 aliphatic carbocycles. The highest BCUT2D eigenvalue weighted by Gasteiger charge is 2.27. The van der Waals surface area contributed by atoms with Crippen LogP contribution in [0.4, 0.5) is 0 Å². The number of rotatable bonds is 7. The van der Waals surface area contributed by atoms with Crippen molar-refractivity contribution < 1.29 is 13.2 Å². The number of carbonyl (C=O) groups is 1. The van der Waals surface area contributed by atoms with E-state index in [1.165, 1.54) is 24.3 Å². The molecule has 140 valence electrons. The molecule has 0 atom stereocenters. The average molecular weight is 387 g/mol. The van der Waals surface area contributed by atoms with Crippen molar-refractivity contribution in [1.29, 1.82) is 0 Å². The fourth-order valence-electron chi connectivity index (χ4n) is 3.19. The molecule has 1 aromatic rings. The number of piperidine rings is 1. The van der Waals surface area contributed by atoms with Crippen LogP contribution >= 0.6 is 11.6 Å². The summed E-state index contributed by atoms with van der Waals surface area (Å²) in [5.41, 5.74) is 0. The molecule has 2 rings (SSSR count). The van der Waals surface area contributed by atoms with Gasteiger partial charge in [0.15, 0.2) is 9.84 Å². The smallest absolute Gasteiger partial charge is 0.238 e. The first-order chi connectivity index (χ1) is 11.9. The van der Waals surface area contributed by atoms with E-state index in [0.29, 0.717) is 24.0 Å². The van der Waals surface area contributed by atoms with Crippen molar-refractivity contribution in [2.75, 3.05) is 38.5 Å². The maximum absolute atomic E-state index is 12.4. The second-order valence-corrected chi connectivity index (χ2v) is 8.95. The van der Waals surface area contributed by atoms with Gasteiger partial charge in [-0.15, -0.1) is 0 Å². The molecular weight excluding hydrogens is 360 g/mol. The number of likely N-dealkylation sites (tertiary alicyclic amines) is 1. The molecule has 25 heavy (non-hydrogen) atoms. The van der Waals surface area contributed by atoms with Gasteiger partial charge in [-0.1, -0.05) is 25.4 Å². The Balaban J connectivity index is 1.89. The first-order valence-corrected chi connectivity index (χ1v) is 10.9. The molecule has 1 aromatic carbocycles. The quantitative estimate of drug-likeness (QED) is 0.722. The van der Waals surface area contributed by atoms with Crippen LogP contribution < -0.4 is 0 Å². The Bertz CT molecular complexity index is 664. The molecule has 0 unspecified atom stereocenters. The van der Waals surface area contributed by atoms with Gasteiger partial charge in [0.1, 0.15) is 5.75 Å². The summed E-state index contributed by atoms with van der Waals surface area (Å²) in [5, 5.41) is 0.473. The highest BCUT2D eigenvalue weighted by molar-refractivity contribution is 7.92. The van der Waals surface area contributed by atoms with Crippen molar-refractivity contribution in [3.63, 3.8) is 0 Å². The van der Waals surface area contributed by atoms with E-state index in [4.69, 9.17) is 11.6 Å². The van der Waals surface area contributed by atoms with Crippen LogP contribution in [-0.2, 0) is 14.6 Å². The molecule has 1 aliphatic heterocycles. The number of hydrogen-bond donors (Lipinski definition) is 0. The van der Waals surface area contributed by atoms with E-state index in [-0.39, 0.29) is 10.8 Å². The van der Waals surface area contributed by atoms with Gasteiger partial charge >= 0.3 is 0 Å². The van der Waals surface area contributed by atoms with Gasteiger partial charge in [0.2, 0.25) is 5.91 Å². The van der Waals surface area contributed by atoms with Crippen molar-refractivity contribution >= 4 is 27.3 Å². The van der Waals surface area contributed by atoms with Crippen LogP contribution in [-0.4, -0.2) is 62.6 Å². The molecule has 1 aliphatic rings. The summed E-state index contributed by atoms with van der Waals surface area (Å²) in [5.74, 6) is -0.205. The zero-order valence-corrected chi connectivity index (χ0v) is 16.5. The minimum Gasteiger partial charge on any atom is -0.342 e. The summed E-state index contributed by atoms with van der Waals surface area (Å²) in [4.78, 5) is 16.6. The van der Waals surface area contributed by atoms with E-state index < -0.39 is 15.6 Å². The summed E-state index contributed by atoms with van der Waals surface area (Å²) in [6.07, 6.45) is 1.87. The van der Waals surface area contributed by atoms with E-state index in [9.17, 15) is 13.2 Å². The Morgan fingerprint density at radius 3 is 2.24 bits per heavy atom. The minimum atomic E-state index is -3.62. The predicted molar refractivity (Wildman–Crippen MR) is 101 cm³/mol. The zero-order valence-electron chi connectivity index (χ0n) is 14.9. The monoisotopic (exact) mass is 386 g/mol. The largest absolute Gasteiger partial charge is 0.342 e. The lowest BCUT2D eigenvalue weighted by Crippen LogP contribution is -2.43. The maximum atomic E-state index is 12.4. The highest BCUT2D eigenvalue weighted by Crippen LogP contribution is 2.20. The van der Waals surface area contributed by atoms with Crippen LogP contribution in [0.15, 0.2) is 29.2 Å². The second kappa shape index (κ2) is 9.01. The van der Waals surface area contributed by atoms with Gasteiger partial charge < -0.3 is 9.80 Å². The van der Waals surface area contributed by atoms with Crippen LogP contribution in [0.25, 0.3) is 0 Å². The molecule has 0 bridgehead atoms. The number of hydrogen-bond acceptors (Lipinski definition) is 4. The predicted octanol–water partition coefficient (Wildman–Crippen LogP) is 2.69. The van der Waals surface area contributed by atoms with Crippen molar-refractivity contribution in [1.82, 2.24) is 9.80 Å². The number of carbonyl (C=O) groups excluding carboxylic acids is 1. The van der Waals surface area contributed by atoms with Crippen LogP contribution in [0, 0.1) is 5.92 Å². The normalized spacial score (nSPS) is 16.4. The summed E-state index contributed by atoms with van der Waals surface area (Å²) < 4.78 is 24.8. The van der Waals surface area contributed by atoms with Gasteiger partial charge in [-0.3, -0.25) is 4.79 Å². The van der Waals surface area contributed by atoms with E-state index in [1.54, 1.807) is 4.90 Å². The number of nitrogens with zero attached hydrogens (tertiary/aromatic N) is 2. The van der Waals surface area contributed by atoms with Crippen LogP contribution in [0.2, 0.25) is 5.02 Å². The van der Waals surface area contributed by atoms with Gasteiger partial charge in [-0.25, -0.2) is 8.42 Å². The highest BCUT2D eigenvalue weighted by atomic mass is 35.5. The van der Waals surface area contributed by atoms with Crippen molar-refractivity contribution in [2.24, 2.45) is 5.92 Å². The number of amides is 1. The van der Waals surface area contributed by atoms with Crippen LogP contribution in [0.5, 0.6) is 0 Å². The molecule has 0 saturated carbocycles. The summed E-state index contributed by atoms with van der Waals surface area (Å²) >= 11 is 5.79. The molecule has 1 amide bonds. The summed E-state index contributed by atoms with van der Waals surface area (Å²) in [6, 6.07) is 5.94. The fourth-order valence-corrected chi connectivity index (χ4v) is 4.54. The van der Waals surface area contributed by atoms with Crippen LogP contribution in [0.3, 0.4) is 0 Å². The SMILES string of the molecule is CCN(CC)CC1CCN(C(=O)CS(=O)(=O)c2ccc(Cl)cc2)CC1. The van der Waals surface area contributed by atoms with E-state index in [1.807, 2.05) is 0 Å². The Morgan fingerprint density at radius 1 is 1.16 bits per heavy atom. The van der Waals surface area contributed by atoms with Crippen molar-refractivity contribution in [2.45, 2.75) is 31.6 Å². The Labute approximate surface area is 155 Å². The topological polar surface area (TPSA) is 57.7 Å². The van der Waals surface area contributed by atoms with Crippen molar-refractivity contribution in [3.05, 3.63) is 29.3 Å². The fraction of sp³-hybridized carbons (Fsp3) is 0.611. The lowest BCUT2D eigenvalue weighted by atomic mass is 9.96. The summed E-state index contributed by atoms with van der Waals surface area (Å²) in [6.45, 7) is 8.72. The standard InChI is InChI=1S/C18H27ClN2O3S/c1-3-20(4-2)13-15-9-11-21(12-10-15)18(22)14-25(23,24)17-7-5-16(19)6-8-17/h5-8,15H,3-4,9-14H2,1-2H3. The zero-order chi connectivity index (χ0) is 18.4. The molecule has 0 N–H and O–H groups in total. The first kappa shape index (κ1) is 20.2. The van der Waals surface area contributed by atoms with E-state index in [2.05, 4.69) is 18.7 Å². The Kier molecular flexibility index (Phi) is 7.28. The van der Waals surface area contributed by atoms with Gasteiger partial charge in [-0.2, -0.15) is 0 Å². The van der Waals surface area contributed by atoms with Crippen molar-refractivity contribution in [3.8, 4) is 0 Å². The van der Waals surface area contributed by atoms with Gasteiger partial charge in [-0.05, 0) is 56.1 Å². The molecule has 0 radical (unpaired) electrons. The molecule has 0 aromatic heterocycles. The molecule has 1 saturated heterocycles.